The molecule has 0 saturated carbocycles. The van der Waals surface area contributed by atoms with Crippen LogP contribution in [0.15, 0.2) is 30.6 Å². The molecule has 1 aliphatic rings. The fraction of sp³-hybridized carbons (Fsp3) is 0.263. The van der Waals surface area contributed by atoms with E-state index in [0.717, 1.165) is 11.6 Å². The molecule has 1 amide bonds. The number of amides is 1. The van der Waals surface area contributed by atoms with E-state index in [-0.39, 0.29) is 29.6 Å². The molecule has 0 bridgehead atoms. The van der Waals surface area contributed by atoms with E-state index in [2.05, 4.69) is 15.0 Å². The monoisotopic (exact) mass is 403 g/mol. The maximum absolute atomic E-state index is 13.5. The molecule has 0 saturated heterocycles. The van der Waals surface area contributed by atoms with Gasteiger partial charge in [-0.25, -0.2) is 23.7 Å². The molecule has 0 unspecified atom stereocenters. The zero-order valence-electron chi connectivity index (χ0n) is 15.2. The Morgan fingerprint density at radius 2 is 1.93 bits per heavy atom. The Bertz CT molecular complexity index is 1060. The summed E-state index contributed by atoms with van der Waals surface area (Å²) >= 11 is 5.89. The molecule has 0 radical (unpaired) electrons. The van der Waals surface area contributed by atoms with Crippen molar-refractivity contribution in [1.29, 1.82) is 0 Å². The predicted molar refractivity (Wildman–Crippen MR) is 98.7 cm³/mol. The summed E-state index contributed by atoms with van der Waals surface area (Å²) < 4.78 is 28.8. The van der Waals surface area contributed by atoms with Crippen LogP contribution in [-0.4, -0.2) is 36.4 Å². The van der Waals surface area contributed by atoms with Gasteiger partial charge >= 0.3 is 0 Å². The summed E-state index contributed by atoms with van der Waals surface area (Å²) in [5.74, 6) is -1.41. The van der Waals surface area contributed by atoms with Gasteiger partial charge in [-0.15, -0.1) is 0 Å². The van der Waals surface area contributed by atoms with Crippen molar-refractivity contribution in [3.05, 3.63) is 64.5 Å². The number of hydrogen-bond donors (Lipinski definition) is 0. The summed E-state index contributed by atoms with van der Waals surface area (Å²) in [6.45, 7) is 4.31. The Labute approximate surface area is 164 Å². The number of nitrogens with zero attached hydrogens (tertiary/aromatic N) is 5. The van der Waals surface area contributed by atoms with Gasteiger partial charge in [-0.3, -0.25) is 4.79 Å². The average Bonchev–Trinajstić information content (AvgIpc) is 3.04. The van der Waals surface area contributed by atoms with E-state index in [9.17, 15) is 13.6 Å². The first-order valence-electron chi connectivity index (χ1n) is 8.64. The molecule has 0 aliphatic carbocycles. The van der Waals surface area contributed by atoms with Gasteiger partial charge in [-0.05, 0) is 48.7 Å². The van der Waals surface area contributed by atoms with Crippen LogP contribution in [0.3, 0.4) is 0 Å². The minimum Gasteiger partial charge on any atom is -0.327 e. The van der Waals surface area contributed by atoms with Crippen LogP contribution in [0.4, 0.5) is 8.78 Å². The number of imidazole rings is 1. The van der Waals surface area contributed by atoms with Gasteiger partial charge in [0.2, 0.25) is 5.28 Å². The maximum atomic E-state index is 13.5. The molecule has 0 fully saturated rings. The molecule has 144 valence electrons. The van der Waals surface area contributed by atoms with Crippen molar-refractivity contribution in [2.45, 2.75) is 33.0 Å². The first-order valence-corrected chi connectivity index (χ1v) is 9.02. The highest BCUT2D eigenvalue weighted by Gasteiger charge is 2.32. The molecule has 28 heavy (non-hydrogen) atoms. The SMILES string of the molecule is Cc1cnc(Cl)nc1-c1cn2c(n1)C(=O)N(Cc1cc(F)cc(F)c1)[C@@H](C)C2. The second-order valence-corrected chi connectivity index (χ2v) is 7.17. The molecule has 3 aromatic rings. The van der Waals surface area contributed by atoms with E-state index < -0.39 is 11.6 Å². The zero-order valence-corrected chi connectivity index (χ0v) is 15.9. The number of benzene rings is 1. The topological polar surface area (TPSA) is 63.9 Å². The van der Waals surface area contributed by atoms with Crippen LogP contribution in [0.25, 0.3) is 11.4 Å². The second-order valence-electron chi connectivity index (χ2n) is 6.83. The lowest BCUT2D eigenvalue weighted by atomic mass is 10.1. The van der Waals surface area contributed by atoms with Gasteiger partial charge < -0.3 is 9.47 Å². The number of aromatic nitrogens is 4. The van der Waals surface area contributed by atoms with Gasteiger partial charge in [0, 0.05) is 37.6 Å². The molecule has 0 spiro atoms. The molecule has 1 atom stereocenters. The zero-order chi connectivity index (χ0) is 20.0. The molecule has 0 N–H and O–H groups in total. The fourth-order valence-corrected chi connectivity index (χ4v) is 3.49. The van der Waals surface area contributed by atoms with Crippen LogP contribution in [0.2, 0.25) is 5.28 Å². The summed E-state index contributed by atoms with van der Waals surface area (Å²) in [6, 6.07) is 3.08. The van der Waals surface area contributed by atoms with Crippen molar-refractivity contribution in [2.24, 2.45) is 0 Å². The Morgan fingerprint density at radius 1 is 1.21 bits per heavy atom. The number of carbonyl (C=O) groups is 1. The highest BCUT2D eigenvalue weighted by molar-refractivity contribution is 6.28. The molecular weight excluding hydrogens is 388 g/mol. The van der Waals surface area contributed by atoms with Crippen molar-refractivity contribution in [3.8, 4) is 11.4 Å². The van der Waals surface area contributed by atoms with Gasteiger partial charge in [0.15, 0.2) is 5.82 Å². The number of rotatable bonds is 3. The van der Waals surface area contributed by atoms with Crippen molar-refractivity contribution in [3.63, 3.8) is 0 Å². The van der Waals surface area contributed by atoms with Crippen LogP contribution in [0, 0.1) is 18.6 Å². The number of carbonyl (C=O) groups excluding carboxylic acids is 1. The fourth-order valence-electron chi connectivity index (χ4n) is 3.36. The summed E-state index contributed by atoms with van der Waals surface area (Å²) in [7, 11) is 0. The van der Waals surface area contributed by atoms with Gasteiger partial charge in [0.05, 0.1) is 5.69 Å². The van der Waals surface area contributed by atoms with Gasteiger partial charge in [-0.1, -0.05) is 0 Å². The van der Waals surface area contributed by atoms with E-state index in [1.807, 2.05) is 13.8 Å². The van der Waals surface area contributed by atoms with Crippen LogP contribution < -0.4 is 0 Å². The number of hydrogen-bond acceptors (Lipinski definition) is 4. The molecule has 9 heteroatoms. The van der Waals surface area contributed by atoms with Crippen molar-refractivity contribution in [1.82, 2.24) is 24.4 Å². The van der Waals surface area contributed by atoms with Crippen molar-refractivity contribution in [2.75, 3.05) is 0 Å². The van der Waals surface area contributed by atoms with Gasteiger partial charge in [0.1, 0.15) is 17.3 Å². The molecule has 4 rings (SSSR count). The summed E-state index contributed by atoms with van der Waals surface area (Å²) in [5.41, 5.74) is 2.25. The summed E-state index contributed by atoms with van der Waals surface area (Å²) in [4.78, 5) is 27.1. The first kappa shape index (κ1) is 18.5. The number of fused-ring (bicyclic) bond motifs is 1. The van der Waals surface area contributed by atoms with Gasteiger partial charge in [0.25, 0.3) is 5.91 Å². The third kappa shape index (κ3) is 3.35. The van der Waals surface area contributed by atoms with Crippen LogP contribution in [-0.2, 0) is 13.1 Å². The first-order chi connectivity index (χ1) is 13.3. The quantitative estimate of drug-likeness (QED) is 0.626. The van der Waals surface area contributed by atoms with Crippen molar-refractivity contribution >= 4 is 17.5 Å². The Kier molecular flexibility index (Phi) is 4.58. The molecule has 2 aromatic heterocycles. The van der Waals surface area contributed by atoms with E-state index in [4.69, 9.17) is 11.6 Å². The van der Waals surface area contributed by atoms with Crippen LogP contribution >= 0.6 is 11.6 Å². The minimum absolute atomic E-state index is 0.0925. The predicted octanol–water partition coefficient (Wildman–Crippen LogP) is 3.62. The van der Waals surface area contributed by atoms with E-state index >= 15 is 0 Å². The van der Waals surface area contributed by atoms with Crippen LogP contribution in [0.1, 0.15) is 28.7 Å². The Balaban J connectivity index is 1.67. The molecule has 6 nitrogen and oxygen atoms in total. The normalized spacial score (nSPS) is 16.4. The molecular formula is C19H16ClF2N5O. The number of halogens is 3. The summed E-state index contributed by atoms with van der Waals surface area (Å²) in [6.07, 6.45) is 3.35. The second kappa shape index (κ2) is 6.94. The van der Waals surface area contributed by atoms with E-state index in [0.29, 0.717) is 23.5 Å². The molecule has 1 aliphatic heterocycles. The lowest BCUT2D eigenvalue weighted by molar-refractivity contribution is 0.0586. The third-order valence-corrected chi connectivity index (χ3v) is 4.86. The average molecular weight is 404 g/mol. The lowest BCUT2D eigenvalue weighted by Crippen LogP contribution is -2.46. The van der Waals surface area contributed by atoms with E-state index in [1.165, 1.54) is 12.1 Å². The lowest BCUT2D eigenvalue weighted by Gasteiger charge is -2.33. The molecule has 1 aromatic carbocycles. The van der Waals surface area contributed by atoms with Crippen molar-refractivity contribution < 1.29 is 13.6 Å². The highest BCUT2D eigenvalue weighted by Crippen LogP contribution is 2.26. The maximum Gasteiger partial charge on any atom is 0.290 e. The largest absolute Gasteiger partial charge is 0.327 e. The smallest absolute Gasteiger partial charge is 0.290 e. The Morgan fingerprint density at radius 3 is 2.64 bits per heavy atom. The standard InChI is InChI=1S/C19H16ClF2N5O/c1-10-6-23-19(20)25-16(10)15-9-26-7-11(2)27(18(28)17(26)24-15)8-12-3-13(21)5-14(22)4-12/h3-6,9,11H,7-8H2,1-2H3/t11-/m0/s1. The molecule has 3 heterocycles. The van der Waals surface area contributed by atoms with Gasteiger partial charge in [-0.2, -0.15) is 0 Å². The highest BCUT2D eigenvalue weighted by atomic mass is 35.5. The third-order valence-electron chi connectivity index (χ3n) is 4.68. The van der Waals surface area contributed by atoms with Crippen LogP contribution in [0.5, 0.6) is 0 Å². The number of aryl methyl sites for hydroxylation is 1. The van der Waals surface area contributed by atoms with E-state index in [1.54, 1.807) is 21.9 Å². The summed E-state index contributed by atoms with van der Waals surface area (Å²) in [5, 5.41) is 0.0982. The Hall–Kier alpha value is -2.87. The minimum atomic E-state index is -0.674.